The highest BCUT2D eigenvalue weighted by Crippen LogP contribution is 2.34. The Balaban J connectivity index is 1.96. The molecule has 3 rings (SSSR count). The number of aromatic nitrogens is 2. The zero-order chi connectivity index (χ0) is 21.9. The van der Waals surface area contributed by atoms with Crippen LogP contribution in [0.1, 0.15) is 18.2 Å². The van der Waals surface area contributed by atoms with E-state index in [9.17, 15) is 27.2 Å². The first-order valence-electron chi connectivity index (χ1n) is 9.02. The predicted molar refractivity (Wildman–Crippen MR) is 103 cm³/mol. The summed E-state index contributed by atoms with van der Waals surface area (Å²) in [5, 5.41) is 2.20. The lowest BCUT2D eigenvalue weighted by Gasteiger charge is -2.16. The van der Waals surface area contributed by atoms with Crippen molar-refractivity contribution in [3.05, 3.63) is 82.0 Å². The molecule has 9 heteroatoms. The Hall–Kier alpha value is -3.49. The number of carbonyl (C=O) groups excluding carboxylic acids is 1. The lowest BCUT2D eigenvalue weighted by atomic mass is 10.1. The number of aryl methyl sites for hydroxylation is 1. The van der Waals surface area contributed by atoms with E-state index in [1.807, 2.05) is 0 Å². The van der Waals surface area contributed by atoms with Gasteiger partial charge in [0.1, 0.15) is 18.2 Å². The van der Waals surface area contributed by atoms with E-state index < -0.39 is 41.3 Å². The Labute approximate surface area is 169 Å². The zero-order valence-electron chi connectivity index (χ0n) is 15.8. The monoisotopic (exact) mass is 419 g/mol. The summed E-state index contributed by atoms with van der Waals surface area (Å²) in [4.78, 5) is 29.4. The van der Waals surface area contributed by atoms with Gasteiger partial charge >= 0.3 is 6.18 Å². The Morgan fingerprint density at radius 1 is 1.10 bits per heavy atom. The first-order chi connectivity index (χ1) is 14.2. The predicted octanol–water partition coefficient (Wildman–Crippen LogP) is 4.27. The molecular weight excluding hydrogens is 402 g/mol. The third kappa shape index (κ3) is 4.73. The van der Waals surface area contributed by atoms with Crippen LogP contribution in [0, 0.1) is 5.82 Å². The van der Waals surface area contributed by atoms with Gasteiger partial charge in [-0.3, -0.25) is 14.2 Å². The number of carbonyl (C=O) groups is 1. The molecule has 0 saturated carbocycles. The van der Waals surface area contributed by atoms with Gasteiger partial charge in [-0.15, -0.1) is 0 Å². The van der Waals surface area contributed by atoms with E-state index in [1.54, 1.807) is 6.92 Å². The van der Waals surface area contributed by atoms with Crippen LogP contribution in [-0.4, -0.2) is 15.5 Å². The van der Waals surface area contributed by atoms with Gasteiger partial charge in [-0.05, 0) is 42.8 Å². The van der Waals surface area contributed by atoms with E-state index >= 15 is 0 Å². The molecule has 1 amide bonds. The maximum Gasteiger partial charge on any atom is 0.418 e. The zero-order valence-corrected chi connectivity index (χ0v) is 15.8. The Bertz CT molecular complexity index is 1120. The summed E-state index contributed by atoms with van der Waals surface area (Å²) < 4.78 is 53.7. The molecule has 1 aromatic heterocycles. The number of rotatable bonds is 5. The molecule has 30 heavy (non-hydrogen) atoms. The number of anilines is 1. The average molecular weight is 419 g/mol. The fourth-order valence-corrected chi connectivity index (χ4v) is 2.88. The maximum absolute atomic E-state index is 13.3. The van der Waals surface area contributed by atoms with Gasteiger partial charge in [-0.2, -0.15) is 13.2 Å². The number of benzene rings is 2. The minimum absolute atomic E-state index is 0.124. The van der Waals surface area contributed by atoms with Crippen molar-refractivity contribution in [2.24, 2.45) is 0 Å². The normalized spacial score (nSPS) is 11.4. The second kappa shape index (κ2) is 8.48. The van der Waals surface area contributed by atoms with Crippen molar-refractivity contribution in [1.82, 2.24) is 9.55 Å². The third-order valence-corrected chi connectivity index (χ3v) is 4.33. The highest BCUT2D eigenvalue weighted by Gasteiger charge is 2.33. The summed E-state index contributed by atoms with van der Waals surface area (Å²) in [6, 6.07) is 11.0. The van der Waals surface area contributed by atoms with E-state index in [1.165, 1.54) is 42.5 Å². The minimum Gasteiger partial charge on any atom is -0.324 e. The molecule has 0 aliphatic carbocycles. The number of hydrogen-bond donors (Lipinski definition) is 1. The standard InChI is InChI=1S/C21H17F4N3O2/c1-2-15-11-19(30)28(20(26-15)13-7-9-14(22)10-8-13)12-18(29)27-17-6-4-3-5-16(17)21(23,24)25/h3-11H,2,12H2,1H3,(H,27,29). The molecule has 0 aliphatic heterocycles. The third-order valence-electron chi connectivity index (χ3n) is 4.33. The first kappa shape index (κ1) is 21.2. The summed E-state index contributed by atoms with van der Waals surface area (Å²) in [7, 11) is 0. The van der Waals surface area contributed by atoms with Crippen LogP contribution >= 0.6 is 0 Å². The number of para-hydroxylation sites is 1. The molecule has 0 fully saturated rings. The van der Waals surface area contributed by atoms with Gasteiger partial charge in [0.05, 0.1) is 11.3 Å². The van der Waals surface area contributed by atoms with E-state index in [0.717, 1.165) is 16.7 Å². The first-order valence-corrected chi connectivity index (χ1v) is 9.02. The number of halogens is 4. The highest BCUT2D eigenvalue weighted by molar-refractivity contribution is 5.91. The van der Waals surface area contributed by atoms with Crippen LogP contribution in [0.4, 0.5) is 23.2 Å². The van der Waals surface area contributed by atoms with Gasteiger partial charge in [-0.25, -0.2) is 9.37 Å². The maximum atomic E-state index is 13.3. The molecule has 0 bridgehead atoms. The SMILES string of the molecule is CCc1cc(=O)n(CC(=O)Nc2ccccc2C(F)(F)F)c(-c2ccc(F)cc2)n1. The van der Waals surface area contributed by atoms with Crippen LogP contribution < -0.4 is 10.9 Å². The molecule has 2 aromatic carbocycles. The average Bonchev–Trinajstić information content (AvgIpc) is 2.69. The van der Waals surface area contributed by atoms with Gasteiger partial charge in [-0.1, -0.05) is 19.1 Å². The molecule has 0 atom stereocenters. The van der Waals surface area contributed by atoms with Crippen LogP contribution in [0.3, 0.4) is 0 Å². The largest absolute Gasteiger partial charge is 0.418 e. The molecule has 1 N–H and O–H groups in total. The molecule has 156 valence electrons. The van der Waals surface area contributed by atoms with Crippen LogP contribution in [0.5, 0.6) is 0 Å². The molecule has 0 spiro atoms. The summed E-state index contributed by atoms with van der Waals surface area (Å²) in [6.45, 7) is 1.23. The molecule has 3 aromatic rings. The smallest absolute Gasteiger partial charge is 0.324 e. The lowest BCUT2D eigenvalue weighted by Crippen LogP contribution is -2.30. The molecule has 0 aliphatic rings. The quantitative estimate of drug-likeness (QED) is 0.629. The van der Waals surface area contributed by atoms with Crippen LogP contribution in [0.25, 0.3) is 11.4 Å². The molecule has 0 saturated heterocycles. The van der Waals surface area contributed by atoms with Crippen molar-refractivity contribution in [3.63, 3.8) is 0 Å². The van der Waals surface area contributed by atoms with Crippen molar-refractivity contribution in [1.29, 1.82) is 0 Å². The number of nitrogens with zero attached hydrogens (tertiary/aromatic N) is 2. The Kier molecular flexibility index (Phi) is 6.00. The fourth-order valence-electron chi connectivity index (χ4n) is 2.88. The van der Waals surface area contributed by atoms with E-state index in [4.69, 9.17) is 0 Å². The van der Waals surface area contributed by atoms with Gasteiger partial charge in [0, 0.05) is 17.3 Å². The van der Waals surface area contributed by atoms with E-state index in [0.29, 0.717) is 17.7 Å². The number of amides is 1. The van der Waals surface area contributed by atoms with Gasteiger partial charge in [0.2, 0.25) is 5.91 Å². The van der Waals surface area contributed by atoms with Gasteiger partial charge < -0.3 is 5.32 Å². The number of hydrogen-bond acceptors (Lipinski definition) is 3. The molecule has 0 unspecified atom stereocenters. The van der Waals surface area contributed by atoms with Gasteiger partial charge in [0.15, 0.2) is 0 Å². The number of alkyl halides is 3. The molecule has 5 nitrogen and oxygen atoms in total. The van der Waals surface area contributed by atoms with Crippen molar-refractivity contribution >= 4 is 11.6 Å². The van der Waals surface area contributed by atoms with Crippen molar-refractivity contribution in [2.45, 2.75) is 26.1 Å². The van der Waals surface area contributed by atoms with Gasteiger partial charge in [0.25, 0.3) is 5.56 Å². The van der Waals surface area contributed by atoms with Crippen LogP contribution in [0.15, 0.2) is 59.4 Å². The fraction of sp³-hybridized carbons (Fsp3) is 0.190. The second-order valence-corrected chi connectivity index (χ2v) is 6.45. The summed E-state index contributed by atoms with van der Waals surface area (Å²) in [5.74, 6) is -1.19. The summed E-state index contributed by atoms with van der Waals surface area (Å²) >= 11 is 0. The highest BCUT2D eigenvalue weighted by atomic mass is 19.4. The van der Waals surface area contributed by atoms with Crippen LogP contribution in [0.2, 0.25) is 0 Å². The van der Waals surface area contributed by atoms with Crippen molar-refractivity contribution in [3.8, 4) is 11.4 Å². The molecule has 1 heterocycles. The van der Waals surface area contributed by atoms with E-state index in [-0.39, 0.29) is 5.82 Å². The minimum atomic E-state index is -4.65. The summed E-state index contributed by atoms with van der Waals surface area (Å²) in [6.07, 6.45) is -4.19. The lowest BCUT2D eigenvalue weighted by molar-refractivity contribution is -0.137. The van der Waals surface area contributed by atoms with Crippen molar-refractivity contribution < 1.29 is 22.4 Å². The van der Waals surface area contributed by atoms with E-state index in [2.05, 4.69) is 10.3 Å². The molecular formula is C21H17F4N3O2. The van der Waals surface area contributed by atoms with Crippen LogP contribution in [-0.2, 0) is 23.9 Å². The second-order valence-electron chi connectivity index (χ2n) is 6.45. The summed E-state index contributed by atoms with van der Waals surface area (Å²) in [5.41, 5.74) is -1.08. The van der Waals surface area contributed by atoms with Crippen molar-refractivity contribution in [2.75, 3.05) is 5.32 Å². The number of nitrogens with one attached hydrogen (secondary N) is 1. The molecule has 0 radical (unpaired) electrons. The Morgan fingerprint density at radius 3 is 2.40 bits per heavy atom. The Morgan fingerprint density at radius 2 is 1.77 bits per heavy atom. The topological polar surface area (TPSA) is 64.0 Å².